The van der Waals surface area contributed by atoms with Crippen molar-refractivity contribution in [2.24, 2.45) is 5.92 Å². The zero-order valence-electron chi connectivity index (χ0n) is 14.7. The predicted octanol–water partition coefficient (Wildman–Crippen LogP) is 1.51. The molecule has 0 radical (unpaired) electrons. The van der Waals surface area contributed by atoms with E-state index in [9.17, 15) is 14.7 Å². The van der Waals surface area contributed by atoms with Gasteiger partial charge in [-0.2, -0.15) is 0 Å². The molecule has 0 aliphatic carbocycles. The number of β-amino-alcohol motifs (C(OH)–C–C–N with tert-alkyl or cyclic N) is 1. The van der Waals surface area contributed by atoms with Gasteiger partial charge in [0.2, 0.25) is 0 Å². The van der Waals surface area contributed by atoms with Gasteiger partial charge in [-0.25, -0.2) is 9.59 Å². The van der Waals surface area contributed by atoms with E-state index in [1.807, 2.05) is 0 Å². The normalized spacial score (nSPS) is 12.8. The highest BCUT2D eigenvalue weighted by atomic mass is 16.5. The van der Waals surface area contributed by atoms with Gasteiger partial charge in [0.15, 0.2) is 0 Å². The number of aliphatic hydroxyl groups excluding tert-OH is 1. The Kier molecular flexibility index (Phi) is 13.5. The van der Waals surface area contributed by atoms with E-state index in [2.05, 4.69) is 39.9 Å². The Morgan fingerprint density at radius 1 is 1.13 bits per heavy atom. The minimum Gasteiger partial charge on any atom is -0.478 e. The number of hydrogen-bond donors (Lipinski definition) is 4. The van der Waals surface area contributed by atoms with Crippen LogP contribution >= 0.6 is 0 Å². The summed E-state index contributed by atoms with van der Waals surface area (Å²) in [6.45, 7) is 12.3. The van der Waals surface area contributed by atoms with E-state index in [1.54, 1.807) is 0 Å². The zero-order valence-corrected chi connectivity index (χ0v) is 14.7. The highest BCUT2D eigenvalue weighted by Crippen LogP contribution is 2.00. The molecule has 0 saturated carbocycles. The third-order valence-corrected chi connectivity index (χ3v) is 2.39. The number of aliphatic carboxylic acids is 2. The van der Waals surface area contributed by atoms with Crippen molar-refractivity contribution in [1.29, 1.82) is 0 Å². The lowest BCUT2D eigenvalue weighted by Gasteiger charge is -2.22. The summed E-state index contributed by atoms with van der Waals surface area (Å²) < 4.78 is 5.38. The van der Waals surface area contributed by atoms with Gasteiger partial charge in [-0.1, -0.05) is 13.8 Å². The molecule has 0 saturated heterocycles. The van der Waals surface area contributed by atoms with Gasteiger partial charge in [0.05, 0.1) is 12.7 Å². The lowest BCUT2D eigenvalue weighted by molar-refractivity contribution is -0.134. The van der Waals surface area contributed by atoms with Crippen LogP contribution in [0.4, 0.5) is 0 Å². The molecule has 0 heterocycles. The summed E-state index contributed by atoms with van der Waals surface area (Å²) in [6, 6.07) is 0. The van der Waals surface area contributed by atoms with Crippen LogP contribution in [0, 0.1) is 5.92 Å². The quantitative estimate of drug-likeness (QED) is 0.373. The van der Waals surface area contributed by atoms with Crippen molar-refractivity contribution in [1.82, 2.24) is 5.32 Å². The van der Waals surface area contributed by atoms with E-state index in [1.165, 1.54) is 0 Å². The highest BCUT2D eigenvalue weighted by molar-refractivity contribution is 5.89. The van der Waals surface area contributed by atoms with Crippen molar-refractivity contribution in [3.63, 3.8) is 0 Å². The Hall–Kier alpha value is -1.44. The molecule has 23 heavy (non-hydrogen) atoms. The number of rotatable bonds is 9. The van der Waals surface area contributed by atoms with E-state index >= 15 is 0 Å². The van der Waals surface area contributed by atoms with Crippen molar-refractivity contribution >= 4 is 11.9 Å². The fourth-order valence-corrected chi connectivity index (χ4v) is 1.16. The molecule has 0 aromatic rings. The molecule has 0 aliphatic heterocycles. The first-order chi connectivity index (χ1) is 10.4. The molecule has 0 bridgehead atoms. The number of hydrogen-bond acceptors (Lipinski definition) is 5. The molecule has 0 aromatic heterocycles. The van der Waals surface area contributed by atoms with E-state index in [-0.39, 0.29) is 5.54 Å². The predicted molar refractivity (Wildman–Crippen MR) is 88.4 cm³/mol. The minimum atomic E-state index is -1.26. The first-order valence-corrected chi connectivity index (χ1v) is 7.58. The zero-order chi connectivity index (χ0) is 18.5. The maximum atomic E-state index is 9.59. The summed E-state index contributed by atoms with van der Waals surface area (Å²) >= 11 is 0. The van der Waals surface area contributed by atoms with Crippen LogP contribution in [-0.2, 0) is 14.3 Å². The molecule has 0 fully saturated rings. The van der Waals surface area contributed by atoms with Crippen LogP contribution in [-0.4, -0.2) is 58.7 Å². The molecule has 0 amide bonds. The molecule has 7 nitrogen and oxygen atoms in total. The summed E-state index contributed by atoms with van der Waals surface area (Å²) in [5, 5.41) is 28.5. The summed E-state index contributed by atoms with van der Waals surface area (Å²) in [6.07, 6.45) is 1.76. The summed E-state index contributed by atoms with van der Waals surface area (Å²) in [7, 11) is 0. The number of carboxylic acid groups (broad SMARTS) is 2. The summed E-state index contributed by atoms with van der Waals surface area (Å²) in [5.41, 5.74) is 0.0545. The smallest absolute Gasteiger partial charge is 0.328 e. The summed E-state index contributed by atoms with van der Waals surface area (Å²) in [5.74, 6) is -1.85. The molecule has 0 spiro atoms. The lowest BCUT2D eigenvalue weighted by atomic mass is 10.1. The van der Waals surface area contributed by atoms with Crippen LogP contribution in [0.15, 0.2) is 12.2 Å². The topological polar surface area (TPSA) is 116 Å². The van der Waals surface area contributed by atoms with Gasteiger partial charge >= 0.3 is 11.9 Å². The van der Waals surface area contributed by atoms with Gasteiger partial charge in [0.25, 0.3) is 0 Å². The third kappa shape index (κ3) is 25.8. The average Bonchev–Trinajstić information content (AvgIpc) is 2.39. The first-order valence-electron chi connectivity index (χ1n) is 7.58. The van der Waals surface area contributed by atoms with Gasteiger partial charge in [-0.3, -0.25) is 0 Å². The van der Waals surface area contributed by atoms with Crippen LogP contribution in [0.25, 0.3) is 0 Å². The highest BCUT2D eigenvalue weighted by Gasteiger charge is 2.11. The maximum Gasteiger partial charge on any atom is 0.328 e. The van der Waals surface area contributed by atoms with Gasteiger partial charge < -0.3 is 25.4 Å². The van der Waals surface area contributed by atoms with Crippen LogP contribution in [0.1, 0.15) is 41.0 Å². The second kappa shape index (κ2) is 13.0. The third-order valence-electron chi connectivity index (χ3n) is 2.39. The number of nitrogens with one attached hydrogen (secondary N) is 1. The van der Waals surface area contributed by atoms with Gasteiger partial charge in [0, 0.05) is 30.8 Å². The first kappa shape index (κ1) is 23.8. The molecule has 136 valence electrons. The Morgan fingerprint density at radius 3 is 1.96 bits per heavy atom. The van der Waals surface area contributed by atoms with Gasteiger partial charge in [-0.05, 0) is 33.1 Å². The molecule has 0 aliphatic rings. The van der Waals surface area contributed by atoms with E-state index < -0.39 is 18.0 Å². The number of aliphatic hydroxyl groups is 1. The fourth-order valence-electron chi connectivity index (χ4n) is 1.16. The second-order valence-corrected chi connectivity index (χ2v) is 6.55. The molecule has 1 atom stereocenters. The molecule has 4 N–H and O–H groups in total. The van der Waals surface area contributed by atoms with Crippen molar-refractivity contribution in [3.05, 3.63) is 12.2 Å². The van der Waals surface area contributed by atoms with Crippen LogP contribution in [0.2, 0.25) is 0 Å². The Bertz CT molecular complexity index is 344. The lowest BCUT2D eigenvalue weighted by Crippen LogP contribution is -2.42. The number of carboxylic acids is 2. The maximum absolute atomic E-state index is 9.59. The molecule has 7 heteroatoms. The molecule has 1 unspecified atom stereocenters. The molecular weight excluding hydrogens is 302 g/mol. The molecule has 0 aromatic carbocycles. The van der Waals surface area contributed by atoms with E-state index in [4.69, 9.17) is 14.9 Å². The van der Waals surface area contributed by atoms with Crippen molar-refractivity contribution < 1.29 is 29.6 Å². The van der Waals surface area contributed by atoms with Gasteiger partial charge in [0.1, 0.15) is 0 Å². The largest absolute Gasteiger partial charge is 0.478 e. The van der Waals surface area contributed by atoms with Gasteiger partial charge in [-0.15, -0.1) is 0 Å². The average molecular weight is 333 g/mol. The van der Waals surface area contributed by atoms with Crippen molar-refractivity contribution in [2.75, 3.05) is 19.8 Å². The van der Waals surface area contributed by atoms with Crippen molar-refractivity contribution in [2.45, 2.75) is 52.7 Å². The standard InChI is InChI=1S/C12H27NO2.C4H4O4/c1-10(2)6-7-15-9-11(14)8-13-12(3,4)5;5-3(6)1-2-4(7)8/h10-11,13-14H,6-9H2,1-5H3;1-2H,(H,5,6)(H,7,8)/b;2-1+. The Morgan fingerprint density at radius 2 is 1.61 bits per heavy atom. The second-order valence-electron chi connectivity index (χ2n) is 6.55. The minimum absolute atomic E-state index is 0.0545. The Balaban J connectivity index is 0. The SMILES string of the molecule is CC(C)CCOCC(O)CNC(C)(C)C.O=C(O)/C=C/C(=O)O. The van der Waals surface area contributed by atoms with Crippen LogP contribution < -0.4 is 5.32 Å². The van der Waals surface area contributed by atoms with Crippen LogP contribution in [0.3, 0.4) is 0 Å². The molecule has 0 rings (SSSR count). The molecular formula is C16H31NO6. The van der Waals surface area contributed by atoms with E-state index in [0.717, 1.165) is 13.0 Å². The number of ether oxygens (including phenoxy) is 1. The fraction of sp³-hybridized carbons (Fsp3) is 0.750. The van der Waals surface area contributed by atoms with Crippen LogP contribution in [0.5, 0.6) is 0 Å². The monoisotopic (exact) mass is 333 g/mol. The Labute approximate surface area is 138 Å². The summed E-state index contributed by atoms with van der Waals surface area (Å²) in [4.78, 5) is 19.1. The van der Waals surface area contributed by atoms with Crippen molar-refractivity contribution in [3.8, 4) is 0 Å². The van der Waals surface area contributed by atoms with E-state index in [0.29, 0.717) is 31.2 Å². The number of carbonyl (C=O) groups is 2.